The van der Waals surface area contributed by atoms with Crippen LogP contribution in [0.2, 0.25) is 10.0 Å². The van der Waals surface area contributed by atoms with E-state index in [2.05, 4.69) is 10.3 Å². The van der Waals surface area contributed by atoms with E-state index >= 15 is 0 Å². The standard InChI is InChI=1S/C18H16Cl2N2O2/c19-11-6-13(10-3-4-10)14(15(20)7-11)8-17(23)22-16-9-24-18-12(16)2-1-5-21-18/h1-2,5-7,10,16H,3-4,8-9H2,(H,22,23). The number of fused-ring (bicyclic) bond motifs is 1. The van der Waals surface area contributed by atoms with Gasteiger partial charge in [-0.25, -0.2) is 4.98 Å². The Bertz CT molecular complexity index is 806. The number of aromatic nitrogens is 1. The fourth-order valence-electron chi connectivity index (χ4n) is 3.13. The molecule has 1 aromatic heterocycles. The van der Waals surface area contributed by atoms with Crippen molar-refractivity contribution in [3.63, 3.8) is 0 Å². The van der Waals surface area contributed by atoms with Gasteiger partial charge in [0.25, 0.3) is 0 Å². The summed E-state index contributed by atoms with van der Waals surface area (Å²) in [6.45, 7) is 0.405. The highest BCUT2D eigenvalue weighted by Crippen LogP contribution is 2.44. The first-order valence-corrected chi connectivity index (χ1v) is 8.72. The quantitative estimate of drug-likeness (QED) is 0.891. The van der Waals surface area contributed by atoms with Gasteiger partial charge in [-0.2, -0.15) is 0 Å². The minimum absolute atomic E-state index is 0.0774. The van der Waals surface area contributed by atoms with Gasteiger partial charge in [0.2, 0.25) is 11.8 Å². The third-order valence-electron chi connectivity index (χ3n) is 4.45. The zero-order valence-corrected chi connectivity index (χ0v) is 14.4. The second-order valence-corrected chi connectivity index (χ2v) is 7.08. The Balaban J connectivity index is 1.51. The van der Waals surface area contributed by atoms with E-state index in [1.54, 1.807) is 12.3 Å². The summed E-state index contributed by atoms with van der Waals surface area (Å²) in [4.78, 5) is 16.7. The van der Waals surface area contributed by atoms with Gasteiger partial charge in [-0.3, -0.25) is 4.79 Å². The molecular weight excluding hydrogens is 347 g/mol. The van der Waals surface area contributed by atoms with Crippen molar-refractivity contribution < 1.29 is 9.53 Å². The molecule has 0 radical (unpaired) electrons. The zero-order valence-electron chi connectivity index (χ0n) is 12.9. The van der Waals surface area contributed by atoms with Crippen LogP contribution in [0.15, 0.2) is 30.5 Å². The van der Waals surface area contributed by atoms with E-state index in [0.717, 1.165) is 29.5 Å². The molecular formula is C18H16Cl2N2O2. The molecule has 1 amide bonds. The summed E-state index contributed by atoms with van der Waals surface area (Å²) in [5, 5.41) is 4.20. The molecule has 1 aliphatic carbocycles. The Morgan fingerprint density at radius 3 is 2.92 bits per heavy atom. The van der Waals surface area contributed by atoms with Crippen molar-refractivity contribution in [2.24, 2.45) is 0 Å². The highest BCUT2D eigenvalue weighted by molar-refractivity contribution is 6.35. The molecule has 1 saturated carbocycles. The number of pyridine rings is 1. The predicted molar refractivity (Wildman–Crippen MR) is 92.8 cm³/mol. The lowest BCUT2D eigenvalue weighted by Gasteiger charge is -2.15. The monoisotopic (exact) mass is 362 g/mol. The molecule has 1 aromatic carbocycles. The summed E-state index contributed by atoms with van der Waals surface area (Å²) < 4.78 is 5.50. The van der Waals surface area contributed by atoms with Crippen LogP contribution in [0.4, 0.5) is 0 Å². The summed E-state index contributed by atoms with van der Waals surface area (Å²) in [6, 6.07) is 7.23. The number of halogens is 2. The molecule has 1 fully saturated rings. The Labute approximate surface area is 150 Å². The van der Waals surface area contributed by atoms with Crippen molar-refractivity contribution in [2.75, 3.05) is 6.61 Å². The summed E-state index contributed by atoms with van der Waals surface area (Å²) >= 11 is 12.5. The lowest BCUT2D eigenvalue weighted by atomic mass is 10.00. The maximum atomic E-state index is 12.5. The smallest absolute Gasteiger partial charge is 0.225 e. The summed E-state index contributed by atoms with van der Waals surface area (Å²) in [6.07, 6.45) is 4.17. The van der Waals surface area contributed by atoms with Crippen LogP contribution in [0.3, 0.4) is 0 Å². The lowest BCUT2D eigenvalue weighted by Crippen LogP contribution is -2.31. The maximum absolute atomic E-state index is 12.5. The number of carbonyl (C=O) groups excluding carboxylic acids is 1. The third-order valence-corrected chi connectivity index (χ3v) is 5.00. The Morgan fingerprint density at radius 1 is 1.29 bits per heavy atom. The molecule has 124 valence electrons. The Kier molecular flexibility index (Phi) is 4.10. The molecule has 1 atom stereocenters. The van der Waals surface area contributed by atoms with Crippen molar-refractivity contribution in [3.8, 4) is 5.88 Å². The van der Waals surface area contributed by atoms with E-state index in [4.69, 9.17) is 27.9 Å². The normalized spacial score (nSPS) is 18.8. The number of ether oxygens (including phenoxy) is 1. The van der Waals surface area contributed by atoms with Gasteiger partial charge in [0.1, 0.15) is 6.61 Å². The molecule has 2 aliphatic rings. The van der Waals surface area contributed by atoms with Crippen molar-refractivity contribution >= 4 is 29.1 Å². The topological polar surface area (TPSA) is 51.2 Å². The number of carbonyl (C=O) groups is 1. The predicted octanol–water partition coefficient (Wildman–Crippen LogP) is 4.06. The van der Waals surface area contributed by atoms with Gasteiger partial charge < -0.3 is 10.1 Å². The fourth-order valence-corrected chi connectivity index (χ4v) is 3.71. The first-order chi connectivity index (χ1) is 11.6. The molecule has 1 N–H and O–H groups in total. The first kappa shape index (κ1) is 15.7. The van der Waals surface area contributed by atoms with Crippen LogP contribution in [0.5, 0.6) is 5.88 Å². The van der Waals surface area contributed by atoms with E-state index in [9.17, 15) is 4.79 Å². The third kappa shape index (κ3) is 3.08. The van der Waals surface area contributed by atoms with Crippen LogP contribution in [-0.2, 0) is 11.2 Å². The van der Waals surface area contributed by atoms with Crippen LogP contribution in [0.1, 0.15) is 41.5 Å². The molecule has 1 aliphatic heterocycles. The van der Waals surface area contributed by atoms with Gasteiger partial charge in [-0.05, 0) is 54.2 Å². The first-order valence-electron chi connectivity index (χ1n) is 7.96. The highest BCUT2D eigenvalue weighted by Gasteiger charge is 2.30. The molecule has 0 spiro atoms. The van der Waals surface area contributed by atoms with E-state index in [-0.39, 0.29) is 18.4 Å². The number of hydrogen-bond donors (Lipinski definition) is 1. The Hall–Kier alpha value is -1.78. The average molecular weight is 363 g/mol. The number of hydrogen-bond acceptors (Lipinski definition) is 3. The second-order valence-electron chi connectivity index (χ2n) is 6.24. The minimum atomic E-state index is -0.170. The van der Waals surface area contributed by atoms with Gasteiger partial charge >= 0.3 is 0 Å². The zero-order chi connectivity index (χ0) is 16.7. The molecule has 4 nitrogen and oxygen atoms in total. The van der Waals surface area contributed by atoms with Crippen molar-refractivity contribution in [3.05, 3.63) is 57.2 Å². The summed E-state index contributed by atoms with van der Waals surface area (Å²) in [5.74, 6) is 0.987. The van der Waals surface area contributed by atoms with Crippen molar-refractivity contribution in [1.29, 1.82) is 0 Å². The molecule has 0 saturated heterocycles. The van der Waals surface area contributed by atoms with Crippen LogP contribution in [0, 0.1) is 0 Å². The van der Waals surface area contributed by atoms with E-state index in [1.165, 1.54) is 0 Å². The fraction of sp³-hybridized carbons (Fsp3) is 0.333. The summed E-state index contributed by atoms with van der Waals surface area (Å²) in [7, 11) is 0. The van der Waals surface area contributed by atoms with E-state index in [1.807, 2.05) is 18.2 Å². The molecule has 2 heterocycles. The molecule has 0 bridgehead atoms. The second kappa shape index (κ2) is 6.26. The molecule has 2 aromatic rings. The molecule has 4 rings (SSSR count). The van der Waals surface area contributed by atoms with Crippen LogP contribution >= 0.6 is 23.2 Å². The van der Waals surface area contributed by atoms with Gasteiger partial charge in [-0.1, -0.05) is 23.2 Å². The van der Waals surface area contributed by atoms with Gasteiger partial charge in [0, 0.05) is 21.8 Å². The maximum Gasteiger partial charge on any atom is 0.225 e. The number of nitrogens with zero attached hydrogens (tertiary/aromatic N) is 1. The Morgan fingerprint density at radius 2 is 2.12 bits per heavy atom. The van der Waals surface area contributed by atoms with Crippen molar-refractivity contribution in [1.82, 2.24) is 10.3 Å². The van der Waals surface area contributed by atoms with Crippen molar-refractivity contribution in [2.45, 2.75) is 31.2 Å². The van der Waals surface area contributed by atoms with Gasteiger partial charge in [0.15, 0.2) is 0 Å². The number of amides is 1. The van der Waals surface area contributed by atoms with Crippen LogP contribution < -0.4 is 10.1 Å². The average Bonchev–Trinajstić information content (AvgIpc) is 3.32. The number of rotatable bonds is 4. The van der Waals surface area contributed by atoms with Crippen LogP contribution in [-0.4, -0.2) is 17.5 Å². The largest absolute Gasteiger partial charge is 0.475 e. The SMILES string of the molecule is O=C(Cc1c(Cl)cc(Cl)cc1C1CC1)NC1COc2ncccc21. The number of nitrogens with one attached hydrogen (secondary N) is 1. The number of benzene rings is 1. The van der Waals surface area contributed by atoms with Crippen LogP contribution in [0.25, 0.3) is 0 Å². The minimum Gasteiger partial charge on any atom is -0.475 e. The van der Waals surface area contributed by atoms with E-state index < -0.39 is 0 Å². The highest BCUT2D eigenvalue weighted by atomic mass is 35.5. The molecule has 1 unspecified atom stereocenters. The molecule has 6 heteroatoms. The molecule has 24 heavy (non-hydrogen) atoms. The van der Waals surface area contributed by atoms with Gasteiger partial charge in [-0.15, -0.1) is 0 Å². The lowest BCUT2D eigenvalue weighted by molar-refractivity contribution is -0.121. The summed E-state index contributed by atoms with van der Waals surface area (Å²) in [5.41, 5.74) is 2.90. The van der Waals surface area contributed by atoms with Gasteiger partial charge in [0.05, 0.1) is 12.5 Å². The van der Waals surface area contributed by atoms with E-state index in [0.29, 0.717) is 28.5 Å².